The molecule has 1 aliphatic heterocycles. The lowest BCUT2D eigenvalue weighted by atomic mass is 9.97. The maximum absolute atomic E-state index is 13.3. The van der Waals surface area contributed by atoms with E-state index in [0.29, 0.717) is 25.3 Å². The number of carbonyl (C=O) groups is 1. The number of hydrogen-bond acceptors (Lipinski definition) is 4. The number of amides is 1. The summed E-state index contributed by atoms with van der Waals surface area (Å²) in [5.41, 5.74) is 2.41. The van der Waals surface area contributed by atoms with Gasteiger partial charge in [-0.25, -0.2) is 0 Å². The molecule has 0 bridgehead atoms. The van der Waals surface area contributed by atoms with Gasteiger partial charge in [0.1, 0.15) is 18.5 Å². The Hall–Kier alpha value is -3.31. The molecule has 1 heterocycles. The second-order valence-corrected chi connectivity index (χ2v) is 6.88. The molecule has 0 fully saturated rings. The first-order chi connectivity index (χ1) is 14.2. The Morgan fingerprint density at radius 1 is 1.10 bits per heavy atom. The third kappa shape index (κ3) is 3.57. The summed E-state index contributed by atoms with van der Waals surface area (Å²) in [7, 11) is 1.64. The van der Waals surface area contributed by atoms with E-state index in [1.807, 2.05) is 53.4 Å². The van der Waals surface area contributed by atoms with Crippen molar-refractivity contribution in [3.63, 3.8) is 0 Å². The van der Waals surface area contributed by atoms with Crippen molar-refractivity contribution in [1.29, 1.82) is 0 Å². The van der Waals surface area contributed by atoms with Gasteiger partial charge >= 0.3 is 0 Å². The average molecular weight is 388 g/mol. The summed E-state index contributed by atoms with van der Waals surface area (Å²) >= 11 is 0. The smallest absolute Gasteiger partial charge is 0.257 e. The number of methoxy groups -OCH3 is 1. The summed E-state index contributed by atoms with van der Waals surface area (Å²) in [4.78, 5) is 15.2. The van der Waals surface area contributed by atoms with E-state index in [1.54, 1.807) is 13.2 Å². The molecule has 29 heavy (non-hydrogen) atoms. The lowest BCUT2D eigenvalue weighted by Gasteiger charge is -2.39. The minimum absolute atomic E-state index is 0.0241. The molecule has 1 unspecified atom stereocenters. The van der Waals surface area contributed by atoms with Gasteiger partial charge in [-0.3, -0.25) is 4.79 Å². The molecular formula is C24H24N2O3. The third-order valence-corrected chi connectivity index (χ3v) is 5.12. The van der Waals surface area contributed by atoms with Crippen molar-refractivity contribution in [2.75, 3.05) is 32.2 Å². The molecule has 0 saturated heterocycles. The highest BCUT2D eigenvalue weighted by molar-refractivity contribution is 6.02. The lowest BCUT2D eigenvalue weighted by Crippen LogP contribution is -2.44. The molecule has 0 saturated carbocycles. The summed E-state index contributed by atoms with van der Waals surface area (Å²) in [6, 6.07) is 19.7. The molecule has 0 aliphatic carbocycles. The molecule has 0 aromatic heterocycles. The van der Waals surface area contributed by atoms with E-state index >= 15 is 0 Å². The van der Waals surface area contributed by atoms with Crippen molar-refractivity contribution in [2.45, 2.75) is 6.17 Å². The molecule has 0 radical (unpaired) electrons. The maximum atomic E-state index is 13.3. The lowest BCUT2D eigenvalue weighted by molar-refractivity contribution is 0.0608. The molecular weight excluding hydrogens is 364 g/mol. The van der Waals surface area contributed by atoms with E-state index in [9.17, 15) is 4.79 Å². The zero-order valence-corrected chi connectivity index (χ0v) is 16.4. The van der Waals surface area contributed by atoms with E-state index in [-0.39, 0.29) is 12.1 Å². The number of para-hydroxylation sites is 1. The van der Waals surface area contributed by atoms with Gasteiger partial charge in [-0.2, -0.15) is 0 Å². The molecule has 1 N–H and O–H groups in total. The molecule has 4 rings (SSSR count). The number of benzene rings is 3. The van der Waals surface area contributed by atoms with Crippen molar-refractivity contribution in [2.24, 2.45) is 0 Å². The van der Waals surface area contributed by atoms with E-state index < -0.39 is 0 Å². The predicted molar refractivity (Wildman–Crippen MR) is 115 cm³/mol. The maximum Gasteiger partial charge on any atom is 0.257 e. The highest BCUT2D eigenvalue weighted by Crippen LogP contribution is 2.40. The molecule has 0 spiro atoms. The summed E-state index contributed by atoms with van der Waals surface area (Å²) in [6.07, 6.45) is 1.34. The van der Waals surface area contributed by atoms with Gasteiger partial charge < -0.3 is 19.7 Å². The van der Waals surface area contributed by atoms with Gasteiger partial charge in [0.25, 0.3) is 5.91 Å². The molecule has 1 amide bonds. The van der Waals surface area contributed by atoms with E-state index in [2.05, 4.69) is 24.0 Å². The Labute approximate surface area is 170 Å². The first-order valence-electron chi connectivity index (χ1n) is 9.65. The normalized spacial score (nSPS) is 15.7. The number of hydrogen-bond donors (Lipinski definition) is 1. The number of carbonyl (C=O) groups excluding carboxylic acids is 1. The molecule has 3 aromatic rings. The van der Waals surface area contributed by atoms with E-state index in [0.717, 1.165) is 27.8 Å². The topological polar surface area (TPSA) is 50.8 Å². The molecule has 5 heteroatoms. The van der Waals surface area contributed by atoms with E-state index in [1.165, 1.54) is 0 Å². The fourth-order valence-electron chi connectivity index (χ4n) is 3.77. The molecule has 1 atom stereocenters. The van der Waals surface area contributed by atoms with Gasteiger partial charge in [-0.05, 0) is 29.0 Å². The summed E-state index contributed by atoms with van der Waals surface area (Å²) in [6.45, 7) is 5.05. The van der Waals surface area contributed by atoms with Crippen LogP contribution in [0.15, 0.2) is 73.3 Å². The van der Waals surface area contributed by atoms with Crippen LogP contribution in [0.2, 0.25) is 0 Å². The first-order valence-corrected chi connectivity index (χ1v) is 9.65. The SMILES string of the molecule is C=CCOc1ccc2ccccc2c1C1Nc2ccccc2C(=O)N1CCOC. The first kappa shape index (κ1) is 19.0. The van der Waals surface area contributed by atoms with Crippen molar-refractivity contribution >= 4 is 22.4 Å². The van der Waals surface area contributed by atoms with Crippen molar-refractivity contribution in [1.82, 2.24) is 4.90 Å². The van der Waals surface area contributed by atoms with Crippen LogP contribution in [0.4, 0.5) is 5.69 Å². The number of rotatable bonds is 7. The number of anilines is 1. The molecule has 148 valence electrons. The van der Waals surface area contributed by atoms with Gasteiger partial charge in [0.15, 0.2) is 0 Å². The highest BCUT2D eigenvalue weighted by Gasteiger charge is 2.35. The Bertz CT molecular complexity index is 1050. The van der Waals surface area contributed by atoms with Gasteiger partial charge in [-0.1, -0.05) is 55.1 Å². The van der Waals surface area contributed by atoms with Crippen molar-refractivity contribution < 1.29 is 14.3 Å². The highest BCUT2D eigenvalue weighted by atomic mass is 16.5. The van der Waals surface area contributed by atoms with E-state index in [4.69, 9.17) is 9.47 Å². The summed E-state index contributed by atoms with van der Waals surface area (Å²) in [5, 5.41) is 5.69. The van der Waals surface area contributed by atoms with Crippen LogP contribution in [0.1, 0.15) is 22.1 Å². The quantitative estimate of drug-likeness (QED) is 0.600. The van der Waals surface area contributed by atoms with Crippen LogP contribution < -0.4 is 10.1 Å². The third-order valence-electron chi connectivity index (χ3n) is 5.12. The Balaban J connectivity index is 1.89. The Kier molecular flexibility index (Phi) is 5.49. The Morgan fingerprint density at radius 3 is 2.72 bits per heavy atom. The van der Waals surface area contributed by atoms with Gasteiger partial charge in [0, 0.05) is 24.9 Å². The molecule has 3 aromatic carbocycles. The zero-order chi connectivity index (χ0) is 20.2. The fraction of sp³-hybridized carbons (Fsp3) is 0.208. The number of ether oxygens (including phenoxy) is 2. The summed E-state index contributed by atoms with van der Waals surface area (Å²) in [5.74, 6) is 0.708. The largest absolute Gasteiger partial charge is 0.489 e. The van der Waals surface area contributed by atoms with Crippen LogP contribution in [0, 0.1) is 0 Å². The average Bonchev–Trinajstić information content (AvgIpc) is 2.76. The zero-order valence-electron chi connectivity index (χ0n) is 16.4. The predicted octanol–water partition coefficient (Wildman–Crippen LogP) is 4.62. The van der Waals surface area contributed by atoms with Crippen LogP contribution in [0.5, 0.6) is 5.75 Å². The molecule has 5 nitrogen and oxygen atoms in total. The minimum atomic E-state index is -0.376. The van der Waals surface area contributed by atoms with Gasteiger partial charge in [0.05, 0.1) is 12.2 Å². The fourth-order valence-corrected chi connectivity index (χ4v) is 3.77. The Morgan fingerprint density at radius 2 is 1.90 bits per heavy atom. The number of nitrogens with one attached hydrogen (secondary N) is 1. The van der Waals surface area contributed by atoms with Crippen molar-refractivity contribution in [3.8, 4) is 5.75 Å². The molecule has 1 aliphatic rings. The van der Waals surface area contributed by atoms with Crippen LogP contribution in [-0.4, -0.2) is 37.7 Å². The second-order valence-electron chi connectivity index (χ2n) is 6.88. The standard InChI is InChI=1S/C24H24N2O3/c1-3-15-29-21-13-12-17-8-4-5-9-18(17)22(21)23-25-20-11-7-6-10-19(20)24(27)26(23)14-16-28-2/h3-13,23,25H,1,14-16H2,2H3. The van der Waals surface area contributed by atoms with Crippen LogP contribution in [0.25, 0.3) is 10.8 Å². The number of fused-ring (bicyclic) bond motifs is 2. The van der Waals surface area contributed by atoms with Gasteiger partial charge in [0.2, 0.25) is 0 Å². The number of nitrogens with zero attached hydrogens (tertiary/aromatic N) is 1. The van der Waals surface area contributed by atoms with Crippen LogP contribution in [-0.2, 0) is 4.74 Å². The summed E-state index contributed by atoms with van der Waals surface area (Å²) < 4.78 is 11.3. The van der Waals surface area contributed by atoms with Crippen molar-refractivity contribution in [3.05, 3.63) is 84.4 Å². The van der Waals surface area contributed by atoms with Crippen LogP contribution in [0.3, 0.4) is 0 Å². The monoisotopic (exact) mass is 388 g/mol. The van der Waals surface area contributed by atoms with Gasteiger partial charge in [-0.15, -0.1) is 0 Å². The minimum Gasteiger partial charge on any atom is -0.489 e. The second kappa shape index (κ2) is 8.37. The van der Waals surface area contributed by atoms with Crippen LogP contribution >= 0.6 is 0 Å².